The van der Waals surface area contributed by atoms with Gasteiger partial charge in [0.2, 0.25) is 0 Å². The van der Waals surface area contributed by atoms with E-state index in [4.69, 9.17) is 4.74 Å². The summed E-state index contributed by atoms with van der Waals surface area (Å²) in [6.45, 7) is 6.47. The number of phenols is 1. The fourth-order valence-electron chi connectivity index (χ4n) is 3.52. The number of hydrogen-bond donors (Lipinski definition) is 3. The maximum atomic E-state index is 10.7. The van der Waals surface area contributed by atoms with Gasteiger partial charge in [-0.1, -0.05) is 73.5 Å². The van der Waals surface area contributed by atoms with Gasteiger partial charge in [0.15, 0.2) is 0 Å². The van der Waals surface area contributed by atoms with Crippen molar-refractivity contribution in [2.45, 2.75) is 51.4 Å². The molecular formula is C26H34O4. The van der Waals surface area contributed by atoms with Gasteiger partial charge in [0, 0.05) is 5.92 Å². The lowest BCUT2D eigenvalue weighted by Crippen LogP contribution is -2.33. The molecule has 0 bridgehead atoms. The van der Waals surface area contributed by atoms with Gasteiger partial charge in [0.25, 0.3) is 0 Å². The molecule has 0 aliphatic carbocycles. The monoisotopic (exact) mass is 410 g/mol. The highest BCUT2D eigenvalue weighted by molar-refractivity contribution is 5.54. The smallest absolute Gasteiger partial charge is 0.116 e. The van der Waals surface area contributed by atoms with Gasteiger partial charge in [-0.2, -0.15) is 0 Å². The SMILES string of the molecule is C=C[C@H]([C@H](O)CC/C(=C/c1cccc(O)c1)CCC)[C@H](O)COCc1ccccc1. The summed E-state index contributed by atoms with van der Waals surface area (Å²) in [5.74, 6) is -0.214. The molecule has 0 saturated carbocycles. The predicted molar refractivity (Wildman–Crippen MR) is 122 cm³/mol. The second kappa shape index (κ2) is 13.0. The zero-order chi connectivity index (χ0) is 21.8. The Bertz CT molecular complexity index is 785. The lowest BCUT2D eigenvalue weighted by Gasteiger charge is -2.25. The summed E-state index contributed by atoms with van der Waals surface area (Å²) >= 11 is 0. The van der Waals surface area contributed by atoms with E-state index in [2.05, 4.69) is 19.6 Å². The van der Waals surface area contributed by atoms with E-state index in [-0.39, 0.29) is 12.4 Å². The molecule has 3 N–H and O–H groups in total. The zero-order valence-electron chi connectivity index (χ0n) is 17.8. The molecule has 0 saturated heterocycles. The Labute approximate surface area is 180 Å². The van der Waals surface area contributed by atoms with Gasteiger partial charge in [-0.25, -0.2) is 0 Å². The highest BCUT2D eigenvalue weighted by atomic mass is 16.5. The van der Waals surface area contributed by atoms with Crippen LogP contribution in [0.1, 0.15) is 43.7 Å². The molecule has 4 heteroatoms. The maximum Gasteiger partial charge on any atom is 0.116 e. The Balaban J connectivity index is 1.88. The molecule has 0 amide bonds. The van der Waals surface area contributed by atoms with E-state index in [9.17, 15) is 15.3 Å². The van der Waals surface area contributed by atoms with Crippen molar-refractivity contribution in [3.63, 3.8) is 0 Å². The minimum Gasteiger partial charge on any atom is -0.508 e. The molecule has 3 atom stereocenters. The summed E-state index contributed by atoms with van der Waals surface area (Å²) in [7, 11) is 0. The van der Waals surface area contributed by atoms with E-state index < -0.39 is 18.1 Å². The number of aromatic hydroxyl groups is 1. The van der Waals surface area contributed by atoms with Gasteiger partial charge < -0.3 is 20.1 Å². The normalized spacial score (nSPS) is 14.8. The lowest BCUT2D eigenvalue weighted by atomic mass is 9.90. The molecule has 0 aliphatic rings. The number of ether oxygens (including phenoxy) is 1. The minimum absolute atomic E-state index is 0.142. The van der Waals surface area contributed by atoms with Crippen molar-refractivity contribution >= 4 is 6.08 Å². The summed E-state index contributed by atoms with van der Waals surface area (Å²) < 4.78 is 5.62. The van der Waals surface area contributed by atoms with Crippen LogP contribution in [-0.4, -0.2) is 34.1 Å². The van der Waals surface area contributed by atoms with E-state index in [1.807, 2.05) is 42.5 Å². The molecule has 4 nitrogen and oxygen atoms in total. The highest BCUT2D eigenvalue weighted by Crippen LogP contribution is 2.23. The van der Waals surface area contributed by atoms with Gasteiger partial charge in [0.05, 0.1) is 25.4 Å². The van der Waals surface area contributed by atoms with Gasteiger partial charge in [-0.15, -0.1) is 6.58 Å². The predicted octanol–water partition coefficient (Wildman–Crippen LogP) is 5.10. The van der Waals surface area contributed by atoms with Crippen LogP contribution in [0.5, 0.6) is 5.75 Å². The van der Waals surface area contributed by atoms with Crippen LogP contribution < -0.4 is 0 Å². The van der Waals surface area contributed by atoms with Crippen molar-refractivity contribution in [3.8, 4) is 5.75 Å². The average Bonchev–Trinajstić information content (AvgIpc) is 2.73. The van der Waals surface area contributed by atoms with E-state index in [1.54, 1.807) is 18.2 Å². The molecular weight excluding hydrogens is 376 g/mol. The van der Waals surface area contributed by atoms with E-state index in [1.165, 1.54) is 5.57 Å². The number of benzene rings is 2. The molecule has 2 aromatic rings. The Morgan fingerprint density at radius 3 is 2.47 bits per heavy atom. The second-order valence-electron chi connectivity index (χ2n) is 7.63. The van der Waals surface area contributed by atoms with Crippen LogP contribution in [0.15, 0.2) is 72.8 Å². The standard InChI is InChI=1S/C26H34O4/c1-3-9-20(16-22-12-8-13-23(27)17-22)14-15-25(28)24(4-2)26(29)19-30-18-21-10-6-5-7-11-21/h4-8,10-13,16-17,24-29H,2-3,9,14-15,18-19H2,1H3/b20-16+/t24-,25-,26-/m1/s1. The Morgan fingerprint density at radius 2 is 1.80 bits per heavy atom. The molecule has 0 unspecified atom stereocenters. The van der Waals surface area contributed by atoms with Crippen molar-refractivity contribution in [2.75, 3.05) is 6.61 Å². The van der Waals surface area contributed by atoms with E-state index in [0.717, 1.165) is 24.0 Å². The van der Waals surface area contributed by atoms with E-state index in [0.29, 0.717) is 19.4 Å². The van der Waals surface area contributed by atoms with Crippen LogP contribution in [0.2, 0.25) is 0 Å². The molecule has 0 heterocycles. The largest absolute Gasteiger partial charge is 0.508 e. The van der Waals surface area contributed by atoms with Crippen LogP contribution in [0, 0.1) is 5.92 Å². The Morgan fingerprint density at radius 1 is 1.03 bits per heavy atom. The molecule has 0 fully saturated rings. The van der Waals surface area contributed by atoms with Crippen LogP contribution in [0.4, 0.5) is 0 Å². The fraction of sp³-hybridized carbons (Fsp3) is 0.385. The lowest BCUT2D eigenvalue weighted by molar-refractivity contribution is -0.0273. The first-order valence-corrected chi connectivity index (χ1v) is 10.6. The number of aliphatic hydroxyl groups is 2. The Kier molecular flexibility index (Phi) is 10.4. The highest BCUT2D eigenvalue weighted by Gasteiger charge is 2.24. The molecule has 2 rings (SSSR count). The van der Waals surface area contributed by atoms with Crippen LogP contribution in [-0.2, 0) is 11.3 Å². The van der Waals surface area contributed by atoms with Crippen LogP contribution in [0.3, 0.4) is 0 Å². The molecule has 2 aromatic carbocycles. The molecule has 0 aromatic heterocycles. The average molecular weight is 411 g/mol. The summed E-state index contributed by atoms with van der Waals surface area (Å²) in [6.07, 6.45) is 5.32. The minimum atomic E-state index is -0.814. The second-order valence-corrected chi connectivity index (χ2v) is 7.63. The zero-order valence-corrected chi connectivity index (χ0v) is 17.8. The fourth-order valence-corrected chi connectivity index (χ4v) is 3.52. The third kappa shape index (κ3) is 8.15. The summed E-state index contributed by atoms with van der Waals surface area (Å²) in [5, 5.41) is 30.8. The number of phenolic OH excluding ortho intramolecular Hbond substituents is 1. The first kappa shape index (κ1) is 23.9. The molecule has 0 aliphatic heterocycles. The van der Waals surface area contributed by atoms with Gasteiger partial charge in [0.1, 0.15) is 5.75 Å². The number of rotatable bonds is 13. The number of allylic oxidation sites excluding steroid dienone is 1. The Hall–Kier alpha value is -2.40. The van der Waals surface area contributed by atoms with Crippen molar-refractivity contribution < 1.29 is 20.1 Å². The number of hydrogen-bond acceptors (Lipinski definition) is 4. The first-order valence-electron chi connectivity index (χ1n) is 10.6. The molecule has 162 valence electrons. The molecule has 0 radical (unpaired) electrons. The summed E-state index contributed by atoms with van der Waals surface area (Å²) in [6, 6.07) is 16.9. The third-order valence-electron chi connectivity index (χ3n) is 5.13. The number of aliphatic hydroxyl groups excluding tert-OH is 2. The van der Waals surface area contributed by atoms with Crippen molar-refractivity contribution in [2.24, 2.45) is 5.92 Å². The first-order chi connectivity index (χ1) is 14.5. The molecule has 30 heavy (non-hydrogen) atoms. The van der Waals surface area contributed by atoms with Gasteiger partial charge >= 0.3 is 0 Å². The summed E-state index contributed by atoms with van der Waals surface area (Å²) in [5.41, 5.74) is 3.20. The molecule has 0 spiro atoms. The summed E-state index contributed by atoms with van der Waals surface area (Å²) in [4.78, 5) is 0. The van der Waals surface area contributed by atoms with Gasteiger partial charge in [-0.05, 0) is 42.5 Å². The van der Waals surface area contributed by atoms with Crippen LogP contribution in [0.25, 0.3) is 6.08 Å². The van der Waals surface area contributed by atoms with Crippen molar-refractivity contribution in [1.29, 1.82) is 0 Å². The van der Waals surface area contributed by atoms with Crippen molar-refractivity contribution in [1.82, 2.24) is 0 Å². The maximum absolute atomic E-state index is 10.7. The quantitative estimate of drug-likeness (QED) is 0.402. The third-order valence-corrected chi connectivity index (χ3v) is 5.13. The van der Waals surface area contributed by atoms with Crippen molar-refractivity contribution in [3.05, 3.63) is 84.0 Å². The topological polar surface area (TPSA) is 69.9 Å². The van der Waals surface area contributed by atoms with Gasteiger partial charge in [-0.3, -0.25) is 0 Å². The van der Waals surface area contributed by atoms with Crippen LogP contribution >= 0.6 is 0 Å². The van der Waals surface area contributed by atoms with E-state index >= 15 is 0 Å².